The Hall–Kier alpha value is -3.55. The van der Waals surface area contributed by atoms with Crippen molar-refractivity contribution in [2.45, 2.75) is 39.0 Å². The summed E-state index contributed by atoms with van der Waals surface area (Å²) in [6.07, 6.45) is 1.03. The summed E-state index contributed by atoms with van der Waals surface area (Å²) in [5.41, 5.74) is 3.12. The SMILES string of the molecule is CC1Oc2ccc(NC(=O)NCc3ccc(CN4CCCC4=O)cc3)cc2NC1=O. The van der Waals surface area contributed by atoms with Crippen LogP contribution in [-0.4, -0.2) is 35.4 Å². The molecule has 4 amide bonds. The van der Waals surface area contributed by atoms with Gasteiger partial charge in [-0.15, -0.1) is 0 Å². The molecule has 0 spiro atoms. The minimum Gasteiger partial charge on any atom is -0.479 e. The summed E-state index contributed by atoms with van der Waals surface area (Å²) in [6.45, 7) is 3.50. The fourth-order valence-electron chi connectivity index (χ4n) is 3.50. The first-order chi connectivity index (χ1) is 14.5. The maximum atomic E-state index is 12.2. The molecular weight excluding hydrogens is 384 g/mol. The second kappa shape index (κ2) is 8.44. The molecule has 2 aliphatic heterocycles. The molecule has 2 aromatic rings. The molecule has 0 aliphatic carbocycles. The molecule has 30 heavy (non-hydrogen) atoms. The molecule has 8 nitrogen and oxygen atoms in total. The van der Waals surface area contributed by atoms with Crippen LogP contribution >= 0.6 is 0 Å². The summed E-state index contributed by atoms with van der Waals surface area (Å²) in [5, 5.41) is 8.32. The number of hydrogen-bond donors (Lipinski definition) is 3. The van der Waals surface area contributed by atoms with Gasteiger partial charge in [-0.25, -0.2) is 4.79 Å². The van der Waals surface area contributed by atoms with E-state index in [-0.39, 0.29) is 17.8 Å². The molecule has 0 bridgehead atoms. The average Bonchev–Trinajstić information content (AvgIpc) is 3.13. The molecule has 3 N–H and O–H groups in total. The molecule has 1 saturated heterocycles. The van der Waals surface area contributed by atoms with E-state index in [1.54, 1.807) is 25.1 Å². The Morgan fingerprint density at radius 1 is 1.17 bits per heavy atom. The van der Waals surface area contributed by atoms with Crippen LogP contribution in [0.2, 0.25) is 0 Å². The van der Waals surface area contributed by atoms with Gasteiger partial charge in [-0.1, -0.05) is 24.3 Å². The lowest BCUT2D eigenvalue weighted by molar-refractivity contribution is -0.128. The average molecular weight is 408 g/mol. The second-order valence-electron chi connectivity index (χ2n) is 7.50. The molecule has 4 rings (SSSR count). The molecule has 2 aliphatic rings. The number of nitrogens with one attached hydrogen (secondary N) is 3. The van der Waals surface area contributed by atoms with Gasteiger partial charge in [0.1, 0.15) is 5.75 Å². The number of benzene rings is 2. The van der Waals surface area contributed by atoms with Crippen molar-refractivity contribution < 1.29 is 19.1 Å². The molecule has 1 atom stereocenters. The number of likely N-dealkylation sites (tertiary alicyclic amines) is 1. The highest BCUT2D eigenvalue weighted by Gasteiger charge is 2.23. The number of nitrogens with zero attached hydrogens (tertiary/aromatic N) is 1. The number of anilines is 2. The molecular formula is C22H24N4O4. The molecule has 2 heterocycles. The van der Waals surface area contributed by atoms with Gasteiger partial charge in [0.2, 0.25) is 5.91 Å². The third-order valence-electron chi connectivity index (χ3n) is 5.19. The number of rotatable bonds is 5. The van der Waals surface area contributed by atoms with Crippen LogP contribution in [0.5, 0.6) is 5.75 Å². The van der Waals surface area contributed by atoms with Crippen LogP contribution in [0.4, 0.5) is 16.2 Å². The summed E-state index contributed by atoms with van der Waals surface area (Å²) < 4.78 is 5.50. The lowest BCUT2D eigenvalue weighted by Gasteiger charge is -2.23. The molecule has 0 radical (unpaired) electrons. The molecule has 0 saturated carbocycles. The summed E-state index contributed by atoms with van der Waals surface area (Å²) >= 11 is 0. The summed E-state index contributed by atoms with van der Waals surface area (Å²) in [6, 6.07) is 12.6. The highest BCUT2D eigenvalue weighted by molar-refractivity contribution is 5.99. The van der Waals surface area contributed by atoms with Crippen LogP contribution in [0.3, 0.4) is 0 Å². The van der Waals surface area contributed by atoms with Gasteiger partial charge < -0.3 is 25.6 Å². The monoisotopic (exact) mass is 408 g/mol. The molecule has 0 aromatic heterocycles. The fourth-order valence-corrected chi connectivity index (χ4v) is 3.50. The molecule has 156 valence electrons. The van der Waals surface area contributed by atoms with Crippen LogP contribution in [0.1, 0.15) is 30.9 Å². The van der Waals surface area contributed by atoms with Crippen molar-refractivity contribution in [3.05, 3.63) is 53.6 Å². The van der Waals surface area contributed by atoms with Crippen LogP contribution in [0.15, 0.2) is 42.5 Å². The standard InChI is InChI=1S/C22H24N4O4/c1-14-21(28)25-18-11-17(8-9-19(18)30-14)24-22(29)23-12-15-4-6-16(7-5-15)13-26-10-2-3-20(26)27/h4-9,11,14H,2-3,10,12-13H2,1H3,(H,25,28)(H2,23,24,29). The van der Waals surface area contributed by atoms with Gasteiger partial charge in [-0.3, -0.25) is 9.59 Å². The van der Waals surface area contributed by atoms with Crippen molar-refractivity contribution in [1.29, 1.82) is 0 Å². The molecule has 8 heteroatoms. The fraction of sp³-hybridized carbons (Fsp3) is 0.318. The van der Waals surface area contributed by atoms with Gasteiger partial charge in [0.05, 0.1) is 5.69 Å². The number of carbonyl (C=O) groups excluding carboxylic acids is 3. The number of hydrogen-bond acceptors (Lipinski definition) is 4. The van der Waals surface area contributed by atoms with Crippen molar-refractivity contribution in [2.75, 3.05) is 17.2 Å². The Bertz CT molecular complexity index is 974. The quantitative estimate of drug-likeness (QED) is 0.708. The highest BCUT2D eigenvalue weighted by atomic mass is 16.5. The van der Waals surface area contributed by atoms with Crippen molar-refractivity contribution in [2.24, 2.45) is 0 Å². The zero-order valence-corrected chi connectivity index (χ0v) is 16.7. The molecule has 1 unspecified atom stereocenters. The van der Waals surface area contributed by atoms with Crippen LogP contribution in [0.25, 0.3) is 0 Å². The number of urea groups is 1. The van der Waals surface area contributed by atoms with Crippen molar-refractivity contribution in [3.63, 3.8) is 0 Å². The van der Waals surface area contributed by atoms with Gasteiger partial charge >= 0.3 is 6.03 Å². The zero-order valence-electron chi connectivity index (χ0n) is 16.7. The van der Waals surface area contributed by atoms with E-state index in [1.807, 2.05) is 29.2 Å². The predicted octanol–water partition coefficient (Wildman–Crippen LogP) is 2.85. The maximum absolute atomic E-state index is 12.2. The van der Waals surface area contributed by atoms with E-state index in [1.165, 1.54) is 0 Å². The number of carbonyl (C=O) groups is 3. The minimum absolute atomic E-state index is 0.209. The van der Waals surface area contributed by atoms with Crippen molar-refractivity contribution in [3.8, 4) is 5.75 Å². The van der Waals surface area contributed by atoms with E-state index in [4.69, 9.17) is 4.74 Å². The van der Waals surface area contributed by atoms with Crippen molar-refractivity contribution in [1.82, 2.24) is 10.2 Å². The van der Waals surface area contributed by atoms with E-state index in [0.29, 0.717) is 36.6 Å². The van der Waals surface area contributed by atoms with Crippen LogP contribution in [-0.2, 0) is 22.7 Å². The molecule has 2 aromatic carbocycles. The van der Waals surface area contributed by atoms with Gasteiger partial charge in [0, 0.05) is 31.7 Å². The van der Waals surface area contributed by atoms with Gasteiger partial charge in [0.15, 0.2) is 6.10 Å². The van der Waals surface area contributed by atoms with Crippen molar-refractivity contribution >= 4 is 29.2 Å². The van der Waals surface area contributed by atoms with Gasteiger partial charge in [-0.2, -0.15) is 0 Å². The predicted molar refractivity (Wildman–Crippen MR) is 112 cm³/mol. The van der Waals surface area contributed by atoms with Gasteiger partial charge in [-0.05, 0) is 42.7 Å². The topological polar surface area (TPSA) is 99.8 Å². The van der Waals surface area contributed by atoms with E-state index >= 15 is 0 Å². The summed E-state index contributed by atoms with van der Waals surface area (Å²) in [4.78, 5) is 37.5. The third-order valence-corrected chi connectivity index (χ3v) is 5.19. The smallest absolute Gasteiger partial charge is 0.319 e. The number of ether oxygens (including phenoxy) is 1. The third kappa shape index (κ3) is 4.53. The summed E-state index contributed by atoms with van der Waals surface area (Å²) in [5.74, 6) is 0.561. The Kier molecular flexibility index (Phi) is 5.56. The lowest BCUT2D eigenvalue weighted by Crippen LogP contribution is -2.34. The number of fused-ring (bicyclic) bond motifs is 1. The van der Waals surface area contributed by atoms with Gasteiger partial charge in [0.25, 0.3) is 5.91 Å². The Labute approximate surface area is 174 Å². The zero-order chi connectivity index (χ0) is 21.1. The van der Waals surface area contributed by atoms with E-state index in [9.17, 15) is 14.4 Å². The lowest BCUT2D eigenvalue weighted by atomic mass is 10.1. The number of amides is 4. The van der Waals surface area contributed by atoms with Crippen LogP contribution < -0.4 is 20.7 Å². The van der Waals surface area contributed by atoms with E-state index in [0.717, 1.165) is 24.1 Å². The molecule has 1 fully saturated rings. The first kappa shape index (κ1) is 19.8. The first-order valence-electron chi connectivity index (χ1n) is 10.00. The Balaban J connectivity index is 1.28. The minimum atomic E-state index is -0.540. The normalized spacial score (nSPS) is 17.8. The van der Waals surface area contributed by atoms with Crippen LogP contribution in [0, 0.1) is 0 Å². The van der Waals surface area contributed by atoms with E-state index < -0.39 is 6.10 Å². The Morgan fingerprint density at radius 2 is 1.93 bits per heavy atom. The summed E-state index contributed by atoms with van der Waals surface area (Å²) in [7, 11) is 0. The Morgan fingerprint density at radius 3 is 2.67 bits per heavy atom. The highest BCUT2D eigenvalue weighted by Crippen LogP contribution is 2.32. The largest absolute Gasteiger partial charge is 0.479 e. The van der Waals surface area contributed by atoms with E-state index in [2.05, 4.69) is 16.0 Å². The first-order valence-corrected chi connectivity index (χ1v) is 10.00. The second-order valence-corrected chi connectivity index (χ2v) is 7.50. The maximum Gasteiger partial charge on any atom is 0.319 e.